The second-order valence-corrected chi connectivity index (χ2v) is 6.65. The van der Waals surface area contributed by atoms with Crippen molar-refractivity contribution < 1.29 is 8.42 Å². The lowest BCUT2D eigenvalue weighted by atomic mass is 9.76. The highest BCUT2D eigenvalue weighted by Crippen LogP contribution is 2.36. The van der Waals surface area contributed by atoms with Crippen LogP contribution in [0.4, 0.5) is 5.69 Å². The van der Waals surface area contributed by atoms with Crippen molar-refractivity contribution in [3.05, 3.63) is 18.5 Å². The Hall–Kier alpha value is -1.14. The molecule has 2 rings (SSSR count). The lowest BCUT2D eigenvalue weighted by Gasteiger charge is -2.41. The van der Waals surface area contributed by atoms with E-state index in [4.69, 9.17) is 0 Å². The second-order valence-electron chi connectivity index (χ2n) is 5.00. The number of aromatic nitrogens is 1. The van der Waals surface area contributed by atoms with Gasteiger partial charge in [-0.3, -0.25) is 4.98 Å². The van der Waals surface area contributed by atoms with E-state index in [0.29, 0.717) is 12.2 Å². The monoisotopic (exact) mass is 283 g/mol. The normalized spacial score (nSPS) is 17.8. The lowest BCUT2D eigenvalue weighted by Crippen LogP contribution is -2.52. The van der Waals surface area contributed by atoms with E-state index in [0.717, 1.165) is 25.7 Å². The van der Waals surface area contributed by atoms with Gasteiger partial charge >= 0.3 is 0 Å². The second kappa shape index (κ2) is 5.46. The van der Waals surface area contributed by atoms with Crippen LogP contribution in [0.15, 0.2) is 23.4 Å². The molecule has 0 amide bonds. The van der Waals surface area contributed by atoms with Gasteiger partial charge < -0.3 is 5.32 Å². The van der Waals surface area contributed by atoms with E-state index in [1.165, 1.54) is 6.20 Å². The van der Waals surface area contributed by atoms with Crippen LogP contribution in [0.2, 0.25) is 0 Å². The molecule has 0 aliphatic heterocycles. The van der Waals surface area contributed by atoms with Gasteiger partial charge in [0.1, 0.15) is 4.90 Å². The highest BCUT2D eigenvalue weighted by atomic mass is 32.2. The van der Waals surface area contributed by atoms with E-state index >= 15 is 0 Å². The SMILES string of the molecule is CCNc1ccncc1S(=O)(=O)NC1(CC)CCC1. The summed E-state index contributed by atoms with van der Waals surface area (Å²) in [5, 5.41) is 3.06. The zero-order chi connectivity index (χ0) is 13.9. The van der Waals surface area contributed by atoms with Gasteiger partial charge in [0, 0.05) is 24.5 Å². The standard InChI is InChI=1S/C13H21N3O2S/c1-3-13(7-5-8-13)16-19(17,18)12-10-14-9-6-11(12)15-4-2/h6,9-10,16H,3-5,7-8H2,1-2H3,(H,14,15). The Morgan fingerprint density at radius 2 is 2.11 bits per heavy atom. The maximum absolute atomic E-state index is 12.5. The van der Waals surface area contributed by atoms with Crippen LogP contribution in [0.5, 0.6) is 0 Å². The Labute approximate surface area is 114 Å². The molecule has 0 spiro atoms. The van der Waals surface area contributed by atoms with E-state index in [9.17, 15) is 8.42 Å². The summed E-state index contributed by atoms with van der Waals surface area (Å²) >= 11 is 0. The average Bonchev–Trinajstić information content (AvgIpc) is 2.35. The predicted molar refractivity (Wildman–Crippen MR) is 75.6 cm³/mol. The maximum Gasteiger partial charge on any atom is 0.244 e. The summed E-state index contributed by atoms with van der Waals surface area (Å²) in [6, 6.07) is 1.69. The van der Waals surface area contributed by atoms with E-state index < -0.39 is 10.0 Å². The molecule has 1 saturated carbocycles. The molecule has 0 unspecified atom stereocenters. The van der Waals surface area contributed by atoms with Crippen LogP contribution in [-0.2, 0) is 10.0 Å². The zero-order valence-electron chi connectivity index (χ0n) is 11.4. The average molecular weight is 283 g/mol. The van der Waals surface area contributed by atoms with Gasteiger partial charge in [0.05, 0.1) is 5.69 Å². The minimum absolute atomic E-state index is 0.233. The summed E-state index contributed by atoms with van der Waals surface area (Å²) < 4.78 is 27.9. The van der Waals surface area contributed by atoms with Gasteiger partial charge in [-0.25, -0.2) is 13.1 Å². The molecule has 19 heavy (non-hydrogen) atoms. The molecule has 0 saturated heterocycles. The molecular weight excluding hydrogens is 262 g/mol. The van der Waals surface area contributed by atoms with Crippen molar-refractivity contribution in [3.63, 3.8) is 0 Å². The molecule has 1 aromatic heterocycles. The summed E-state index contributed by atoms with van der Waals surface area (Å²) in [6.45, 7) is 4.63. The van der Waals surface area contributed by atoms with Crippen molar-refractivity contribution >= 4 is 15.7 Å². The Balaban J connectivity index is 2.29. The number of sulfonamides is 1. The van der Waals surface area contributed by atoms with Crippen molar-refractivity contribution in [2.24, 2.45) is 0 Å². The van der Waals surface area contributed by atoms with E-state index in [1.807, 2.05) is 13.8 Å². The molecule has 1 heterocycles. The predicted octanol–water partition coefficient (Wildman–Crippen LogP) is 2.12. The van der Waals surface area contributed by atoms with Crippen LogP contribution in [-0.4, -0.2) is 25.5 Å². The third-order valence-electron chi connectivity index (χ3n) is 3.78. The minimum Gasteiger partial charge on any atom is -0.384 e. The van der Waals surface area contributed by atoms with Crippen molar-refractivity contribution in [2.45, 2.75) is 50.0 Å². The van der Waals surface area contributed by atoms with Gasteiger partial charge in [-0.15, -0.1) is 0 Å². The smallest absolute Gasteiger partial charge is 0.244 e. The fourth-order valence-corrected chi connectivity index (χ4v) is 4.06. The van der Waals surface area contributed by atoms with Crippen LogP contribution in [0.25, 0.3) is 0 Å². The summed E-state index contributed by atoms with van der Waals surface area (Å²) in [5.74, 6) is 0. The fraction of sp³-hybridized carbons (Fsp3) is 0.615. The summed E-state index contributed by atoms with van der Waals surface area (Å²) in [6.07, 6.45) is 6.74. The molecule has 6 heteroatoms. The Morgan fingerprint density at radius 3 is 2.63 bits per heavy atom. The van der Waals surface area contributed by atoms with Crippen molar-refractivity contribution in [3.8, 4) is 0 Å². The molecule has 1 aromatic rings. The minimum atomic E-state index is -3.52. The highest BCUT2D eigenvalue weighted by Gasteiger charge is 2.39. The van der Waals surface area contributed by atoms with E-state index in [1.54, 1.807) is 12.3 Å². The van der Waals surface area contributed by atoms with Crippen molar-refractivity contribution in [2.75, 3.05) is 11.9 Å². The first-order valence-corrected chi connectivity index (χ1v) is 8.23. The number of nitrogens with zero attached hydrogens (tertiary/aromatic N) is 1. The van der Waals surface area contributed by atoms with Gasteiger partial charge in [-0.1, -0.05) is 6.92 Å². The molecule has 106 valence electrons. The molecule has 0 radical (unpaired) electrons. The molecular formula is C13H21N3O2S. The van der Waals surface area contributed by atoms with Gasteiger partial charge in [-0.05, 0) is 38.7 Å². The van der Waals surface area contributed by atoms with Crippen LogP contribution in [0.1, 0.15) is 39.5 Å². The summed E-state index contributed by atoms with van der Waals surface area (Å²) in [5.41, 5.74) is 0.355. The number of nitrogens with one attached hydrogen (secondary N) is 2. The van der Waals surface area contributed by atoms with Gasteiger partial charge in [-0.2, -0.15) is 0 Å². The molecule has 0 atom stereocenters. The van der Waals surface area contributed by atoms with Gasteiger partial charge in [0.2, 0.25) is 10.0 Å². The molecule has 5 nitrogen and oxygen atoms in total. The lowest BCUT2D eigenvalue weighted by molar-refractivity contribution is 0.214. The summed E-state index contributed by atoms with van der Waals surface area (Å²) in [4.78, 5) is 4.17. The molecule has 1 aliphatic carbocycles. The Morgan fingerprint density at radius 1 is 1.37 bits per heavy atom. The van der Waals surface area contributed by atoms with Crippen molar-refractivity contribution in [1.29, 1.82) is 0 Å². The number of pyridine rings is 1. The quantitative estimate of drug-likeness (QED) is 0.839. The van der Waals surface area contributed by atoms with Crippen LogP contribution < -0.4 is 10.0 Å². The van der Waals surface area contributed by atoms with Gasteiger partial charge in [0.25, 0.3) is 0 Å². The third kappa shape index (κ3) is 2.90. The number of rotatable bonds is 6. The van der Waals surface area contributed by atoms with E-state index in [2.05, 4.69) is 15.0 Å². The fourth-order valence-electron chi connectivity index (χ4n) is 2.40. The number of hydrogen-bond donors (Lipinski definition) is 2. The van der Waals surface area contributed by atoms with E-state index in [-0.39, 0.29) is 10.4 Å². The van der Waals surface area contributed by atoms with Crippen LogP contribution >= 0.6 is 0 Å². The molecule has 1 fully saturated rings. The highest BCUT2D eigenvalue weighted by molar-refractivity contribution is 7.89. The van der Waals surface area contributed by atoms with Crippen LogP contribution in [0, 0.1) is 0 Å². The molecule has 2 N–H and O–H groups in total. The van der Waals surface area contributed by atoms with Gasteiger partial charge in [0.15, 0.2) is 0 Å². The largest absolute Gasteiger partial charge is 0.384 e. The molecule has 0 aromatic carbocycles. The first kappa shape index (κ1) is 14.3. The summed E-state index contributed by atoms with van der Waals surface area (Å²) in [7, 11) is -3.52. The zero-order valence-corrected chi connectivity index (χ0v) is 12.3. The maximum atomic E-state index is 12.5. The topological polar surface area (TPSA) is 71.1 Å². The number of anilines is 1. The van der Waals surface area contributed by atoms with Crippen LogP contribution in [0.3, 0.4) is 0 Å². The van der Waals surface area contributed by atoms with Crippen molar-refractivity contribution in [1.82, 2.24) is 9.71 Å². The molecule has 1 aliphatic rings. The first-order chi connectivity index (χ1) is 9.03. The third-order valence-corrected chi connectivity index (χ3v) is 5.39. The molecule has 0 bridgehead atoms. The number of hydrogen-bond acceptors (Lipinski definition) is 4. The first-order valence-electron chi connectivity index (χ1n) is 6.75. The Bertz CT molecular complexity index is 533. The Kier molecular flexibility index (Phi) is 4.10.